The Morgan fingerprint density at radius 2 is 1.84 bits per heavy atom. The molecule has 1 saturated heterocycles. The SMILES string of the molecule is NC(=C(COC1CC2CN(c3nc4ccc(C=O)cc4o3)C[C@@H]2C1)C(=O)C1CC1)c1c(Cl)cccc1Cl. The smallest absolute Gasteiger partial charge is 0.298 e. The topological polar surface area (TPSA) is 98.7 Å². The van der Waals surface area contributed by atoms with Crippen molar-refractivity contribution in [2.45, 2.75) is 31.8 Å². The molecule has 2 N–H and O–H groups in total. The van der Waals surface area contributed by atoms with Crippen LogP contribution in [0.4, 0.5) is 6.01 Å². The van der Waals surface area contributed by atoms with Crippen molar-refractivity contribution < 1.29 is 18.7 Å². The van der Waals surface area contributed by atoms with E-state index in [1.165, 1.54) is 0 Å². The number of hydrogen-bond acceptors (Lipinski definition) is 7. The van der Waals surface area contributed by atoms with Gasteiger partial charge in [0, 0.05) is 35.7 Å². The highest BCUT2D eigenvalue weighted by Crippen LogP contribution is 2.42. The van der Waals surface area contributed by atoms with E-state index in [0.717, 1.165) is 50.6 Å². The van der Waals surface area contributed by atoms with Gasteiger partial charge in [0.2, 0.25) is 0 Å². The minimum Gasteiger partial charge on any atom is -0.423 e. The molecule has 6 rings (SSSR count). The summed E-state index contributed by atoms with van der Waals surface area (Å²) in [5.74, 6) is 0.945. The molecule has 0 amide bonds. The van der Waals surface area contributed by atoms with E-state index < -0.39 is 0 Å². The van der Waals surface area contributed by atoms with Gasteiger partial charge in [-0.1, -0.05) is 29.3 Å². The highest BCUT2D eigenvalue weighted by molar-refractivity contribution is 6.37. The van der Waals surface area contributed by atoms with Gasteiger partial charge in [0.1, 0.15) is 11.8 Å². The third kappa shape index (κ3) is 4.76. The van der Waals surface area contributed by atoms with Crippen LogP contribution in [0.3, 0.4) is 0 Å². The third-order valence-corrected chi connectivity index (χ3v) is 8.41. The summed E-state index contributed by atoms with van der Waals surface area (Å²) >= 11 is 12.8. The number of ketones is 1. The van der Waals surface area contributed by atoms with Crippen LogP contribution < -0.4 is 10.6 Å². The van der Waals surface area contributed by atoms with E-state index in [1.54, 1.807) is 30.3 Å². The van der Waals surface area contributed by atoms with Crippen LogP contribution >= 0.6 is 23.2 Å². The van der Waals surface area contributed by atoms with E-state index in [1.807, 2.05) is 6.07 Å². The van der Waals surface area contributed by atoms with E-state index in [2.05, 4.69) is 9.88 Å². The van der Waals surface area contributed by atoms with Crippen LogP contribution in [0.5, 0.6) is 0 Å². The number of ether oxygens (including phenoxy) is 1. The van der Waals surface area contributed by atoms with Crippen molar-refractivity contribution in [3.8, 4) is 0 Å². The molecule has 3 aliphatic rings. The van der Waals surface area contributed by atoms with Crippen LogP contribution in [-0.4, -0.2) is 42.9 Å². The first-order chi connectivity index (χ1) is 17.9. The zero-order valence-corrected chi connectivity index (χ0v) is 21.7. The van der Waals surface area contributed by atoms with Gasteiger partial charge in [0.15, 0.2) is 11.4 Å². The summed E-state index contributed by atoms with van der Waals surface area (Å²) in [6.07, 6.45) is 4.40. The van der Waals surface area contributed by atoms with E-state index in [-0.39, 0.29) is 24.4 Å². The van der Waals surface area contributed by atoms with Gasteiger partial charge < -0.3 is 19.8 Å². The average molecular weight is 540 g/mol. The van der Waals surface area contributed by atoms with Gasteiger partial charge in [-0.05, 0) is 67.9 Å². The summed E-state index contributed by atoms with van der Waals surface area (Å²) in [4.78, 5) is 31.0. The highest BCUT2D eigenvalue weighted by Gasteiger charge is 2.43. The predicted molar refractivity (Wildman–Crippen MR) is 143 cm³/mol. The molecule has 1 aromatic heterocycles. The zero-order chi connectivity index (χ0) is 25.7. The summed E-state index contributed by atoms with van der Waals surface area (Å²) in [7, 11) is 0. The van der Waals surface area contributed by atoms with Gasteiger partial charge in [-0.2, -0.15) is 4.98 Å². The molecule has 2 heterocycles. The van der Waals surface area contributed by atoms with Crippen LogP contribution in [0.1, 0.15) is 41.6 Å². The Morgan fingerprint density at radius 1 is 1.14 bits per heavy atom. The number of carbonyl (C=O) groups excluding carboxylic acids is 2. The number of benzene rings is 2. The monoisotopic (exact) mass is 539 g/mol. The van der Waals surface area contributed by atoms with Crippen molar-refractivity contribution in [3.05, 3.63) is 63.1 Å². The maximum Gasteiger partial charge on any atom is 0.298 e. The molecule has 192 valence electrons. The van der Waals surface area contributed by atoms with Crippen molar-refractivity contribution in [1.29, 1.82) is 0 Å². The Kier molecular flexibility index (Phi) is 6.47. The molecule has 0 bridgehead atoms. The lowest BCUT2D eigenvalue weighted by Crippen LogP contribution is -2.24. The second kappa shape index (κ2) is 9.78. The molecule has 2 saturated carbocycles. The third-order valence-electron chi connectivity index (χ3n) is 7.78. The highest BCUT2D eigenvalue weighted by atomic mass is 35.5. The molecule has 9 heteroatoms. The summed E-state index contributed by atoms with van der Waals surface area (Å²) in [5.41, 5.74) is 9.69. The number of nitrogens with zero attached hydrogens (tertiary/aromatic N) is 2. The molecular formula is C28H27Cl2N3O4. The van der Waals surface area contributed by atoms with Crippen molar-refractivity contribution in [2.24, 2.45) is 23.5 Å². The maximum atomic E-state index is 13.1. The fourth-order valence-corrected chi connectivity index (χ4v) is 6.26. The standard InChI is InChI=1S/C28H27Cl2N3O4/c29-21-2-1-3-22(30)25(21)26(31)20(27(35)16-5-6-16)14-36-19-9-17-11-33(12-18(17)10-19)28-32-23-7-4-15(13-34)8-24(23)37-28/h1-4,7-8,13,16-19H,5-6,9-12,14,31H2/t17-,18?,19?/m0/s1. The first-order valence-corrected chi connectivity index (χ1v) is 13.4. The molecule has 2 aromatic carbocycles. The molecule has 3 atom stereocenters. The molecule has 7 nitrogen and oxygen atoms in total. The van der Waals surface area contributed by atoms with Crippen molar-refractivity contribution >= 4 is 58.1 Å². The predicted octanol–water partition coefficient (Wildman–Crippen LogP) is 5.53. The van der Waals surface area contributed by atoms with E-state index in [4.69, 9.17) is 38.1 Å². The van der Waals surface area contributed by atoms with Gasteiger partial charge in [0.25, 0.3) is 6.01 Å². The first kappa shape index (κ1) is 24.5. The summed E-state index contributed by atoms with van der Waals surface area (Å²) < 4.78 is 12.3. The number of aromatic nitrogens is 1. The van der Waals surface area contributed by atoms with E-state index in [0.29, 0.717) is 55.9 Å². The molecular weight excluding hydrogens is 513 g/mol. The Balaban J connectivity index is 1.13. The van der Waals surface area contributed by atoms with Crippen molar-refractivity contribution in [2.75, 3.05) is 24.6 Å². The fourth-order valence-electron chi connectivity index (χ4n) is 5.65. The number of Topliss-reactive ketones (excluding diaryl/α,β-unsaturated/α-hetero) is 1. The Hall–Kier alpha value is -2.87. The largest absolute Gasteiger partial charge is 0.423 e. The maximum absolute atomic E-state index is 13.1. The normalized spacial score (nSPS) is 23.8. The Bertz CT molecular complexity index is 1380. The van der Waals surface area contributed by atoms with E-state index >= 15 is 0 Å². The average Bonchev–Trinajstić information content (AvgIpc) is 3.36. The molecule has 1 aliphatic heterocycles. The number of carbonyl (C=O) groups is 2. The number of hydrogen-bond donors (Lipinski definition) is 1. The number of nitrogens with two attached hydrogens (primary N) is 1. The molecule has 2 aliphatic carbocycles. The van der Waals surface area contributed by atoms with Gasteiger partial charge in [-0.15, -0.1) is 0 Å². The van der Waals surface area contributed by atoms with Crippen LogP contribution in [-0.2, 0) is 9.53 Å². The lowest BCUT2D eigenvalue weighted by atomic mass is 10.0. The quantitative estimate of drug-likeness (QED) is 0.297. The minimum absolute atomic E-state index is 0.00819. The van der Waals surface area contributed by atoms with Gasteiger partial charge >= 0.3 is 0 Å². The summed E-state index contributed by atoms with van der Waals surface area (Å²) in [6, 6.07) is 11.1. The second-order valence-corrected chi connectivity index (χ2v) is 11.1. The molecule has 3 fully saturated rings. The van der Waals surface area contributed by atoms with Gasteiger partial charge in [-0.3, -0.25) is 9.59 Å². The van der Waals surface area contributed by atoms with Crippen LogP contribution in [0, 0.1) is 17.8 Å². The van der Waals surface area contributed by atoms with Gasteiger partial charge in [-0.25, -0.2) is 0 Å². The lowest BCUT2D eigenvalue weighted by Gasteiger charge is -2.19. The van der Waals surface area contributed by atoms with Gasteiger partial charge in [0.05, 0.1) is 28.5 Å². The number of halogens is 2. The second-order valence-electron chi connectivity index (χ2n) is 10.3. The van der Waals surface area contributed by atoms with Crippen molar-refractivity contribution in [3.63, 3.8) is 0 Å². The summed E-state index contributed by atoms with van der Waals surface area (Å²) in [6.45, 7) is 1.82. The number of oxazole rings is 1. The molecule has 37 heavy (non-hydrogen) atoms. The van der Waals surface area contributed by atoms with Crippen LogP contribution in [0.25, 0.3) is 16.8 Å². The number of anilines is 1. The zero-order valence-electron chi connectivity index (χ0n) is 20.2. The number of fused-ring (bicyclic) bond motifs is 2. The Labute approximate surface area is 224 Å². The number of aldehydes is 1. The minimum atomic E-state index is 0.00819. The van der Waals surface area contributed by atoms with Crippen LogP contribution in [0.15, 0.2) is 46.4 Å². The molecule has 0 spiro atoms. The lowest BCUT2D eigenvalue weighted by molar-refractivity contribution is -0.117. The Morgan fingerprint density at radius 3 is 2.49 bits per heavy atom. The fraction of sp³-hybridized carbons (Fsp3) is 0.393. The van der Waals surface area contributed by atoms with E-state index in [9.17, 15) is 9.59 Å². The number of rotatable bonds is 8. The first-order valence-electron chi connectivity index (χ1n) is 12.6. The molecule has 3 aromatic rings. The molecule has 2 unspecified atom stereocenters. The van der Waals surface area contributed by atoms with Crippen molar-refractivity contribution in [1.82, 2.24) is 4.98 Å². The molecule has 0 radical (unpaired) electrons. The summed E-state index contributed by atoms with van der Waals surface area (Å²) in [5, 5.41) is 0.839. The van der Waals surface area contributed by atoms with Crippen LogP contribution in [0.2, 0.25) is 10.0 Å².